The smallest absolute Gasteiger partial charge is 0.475 e. The fourth-order valence-electron chi connectivity index (χ4n) is 4.35. The van der Waals surface area contributed by atoms with Crippen molar-refractivity contribution in [1.82, 2.24) is 14.9 Å². The lowest BCUT2D eigenvalue weighted by Gasteiger charge is -2.30. The molecule has 2 aromatic rings. The van der Waals surface area contributed by atoms with Gasteiger partial charge in [-0.2, -0.15) is 13.2 Å². The molecule has 1 aromatic heterocycles. The van der Waals surface area contributed by atoms with Gasteiger partial charge in [0.2, 0.25) is 0 Å². The number of carbonyl (C=O) groups is 1. The number of nitrogens with one attached hydrogen (secondary N) is 1. The van der Waals surface area contributed by atoms with E-state index in [0.29, 0.717) is 17.7 Å². The number of aliphatic carboxylic acids is 1. The lowest BCUT2D eigenvalue weighted by Crippen LogP contribution is -2.47. The highest BCUT2D eigenvalue weighted by atomic mass is 19.4. The number of aryl methyl sites for hydroxylation is 1. The van der Waals surface area contributed by atoms with Crippen molar-refractivity contribution < 1.29 is 33.3 Å². The van der Waals surface area contributed by atoms with E-state index in [2.05, 4.69) is 16.4 Å². The fraction of sp³-hybridized carbons (Fsp3) is 0.609. The highest BCUT2D eigenvalue weighted by Crippen LogP contribution is 2.37. The molecule has 4 rings (SSSR count). The number of hydrogen-bond donors (Lipinski definition) is 4. The van der Waals surface area contributed by atoms with Gasteiger partial charge in [-0.3, -0.25) is 9.36 Å². The summed E-state index contributed by atoms with van der Waals surface area (Å²) in [5.41, 5.74) is 2.92. The average Bonchev–Trinajstić information content (AvgIpc) is 2.71. The van der Waals surface area contributed by atoms with Crippen molar-refractivity contribution in [3.8, 4) is 0 Å². The van der Waals surface area contributed by atoms with Crippen molar-refractivity contribution >= 4 is 16.9 Å². The second kappa shape index (κ2) is 10.8. The molecule has 8 nitrogen and oxygen atoms in total. The molecule has 2 heterocycles. The van der Waals surface area contributed by atoms with Crippen LogP contribution in [0.5, 0.6) is 0 Å². The Bertz CT molecular complexity index is 1070. The van der Waals surface area contributed by atoms with Crippen molar-refractivity contribution in [2.75, 3.05) is 6.54 Å². The number of aliphatic hydroxyl groups is 2. The molecule has 11 heteroatoms. The van der Waals surface area contributed by atoms with Gasteiger partial charge >= 0.3 is 12.1 Å². The summed E-state index contributed by atoms with van der Waals surface area (Å²) in [6, 6.07) is 4.04. The summed E-state index contributed by atoms with van der Waals surface area (Å²) in [6.45, 7) is 3.06. The molecule has 1 saturated carbocycles. The van der Waals surface area contributed by atoms with Crippen molar-refractivity contribution in [3.63, 3.8) is 0 Å². The summed E-state index contributed by atoms with van der Waals surface area (Å²) in [7, 11) is 0. The molecule has 1 aliphatic carbocycles. The Balaban J connectivity index is 0.000000406. The van der Waals surface area contributed by atoms with Crippen LogP contribution < -0.4 is 10.9 Å². The number of halogens is 3. The molecule has 0 unspecified atom stereocenters. The van der Waals surface area contributed by atoms with Gasteiger partial charge in [-0.1, -0.05) is 12.5 Å². The summed E-state index contributed by atoms with van der Waals surface area (Å²) in [6.07, 6.45) is 1.07. The van der Waals surface area contributed by atoms with Crippen LogP contribution in [0.3, 0.4) is 0 Å². The number of alkyl halides is 3. The van der Waals surface area contributed by atoms with Gasteiger partial charge in [0, 0.05) is 6.04 Å². The molecule has 0 bridgehead atoms. The molecular weight excluding hydrogens is 455 g/mol. The molecule has 188 valence electrons. The predicted octanol–water partition coefficient (Wildman–Crippen LogP) is 2.47. The number of aromatic nitrogens is 2. The summed E-state index contributed by atoms with van der Waals surface area (Å²) in [5.74, 6) is -2.20. The minimum absolute atomic E-state index is 0.0968. The largest absolute Gasteiger partial charge is 0.490 e. The van der Waals surface area contributed by atoms with E-state index in [0.717, 1.165) is 30.5 Å². The zero-order valence-corrected chi connectivity index (χ0v) is 18.9. The van der Waals surface area contributed by atoms with E-state index in [1.807, 2.05) is 13.0 Å². The van der Waals surface area contributed by atoms with Gasteiger partial charge in [-0.15, -0.1) is 0 Å². The number of fused-ring (bicyclic) bond motifs is 1. The first-order chi connectivity index (χ1) is 16.0. The number of nitrogens with zero attached hydrogens (tertiary/aromatic N) is 2. The first-order valence-corrected chi connectivity index (χ1v) is 11.4. The number of carboxylic acids is 1. The van der Waals surface area contributed by atoms with Crippen molar-refractivity contribution in [2.24, 2.45) is 0 Å². The standard InChI is InChI=1S/C21H29N3O3.C2HF3O2/c1-13-8-15(14-4-2-5-14)9-17-20(13)23-12-24(21(17)27)11-16(25)10-18-19(26)6-3-7-22-18;3-2(4,5)1(6)7/h8-9,12,14,16,18-19,22,25-26H,2-7,10-11H2,1H3;(H,6,7)/t16-,18+,19-;/m0./s1. The molecule has 1 saturated heterocycles. The van der Waals surface area contributed by atoms with Gasteiger partial charge in [0.05, 0.1) is 36.0 Å². The minimum Gasteiger partial charge on any atom is -0.475 e. The van der Waals surface area contributed by atoms with Crippen LogP contribution in [-0.2, 0) is 11.3 Å². The molecule has 4 N–H and O–H groups in total. The molecule has 0 spiro atoms. The first kappa shape index (κ1) is 26.1. The Morgan fingerprint density at radius 1 is 1.26 bits per heavy atom. The highest BCUT2D eigenvalue weighted by molar-refractivity contribution is 5.81. The van der Waals surface area contributed by atoms with E-state index in [9.17, 15) is 28.2 Å². The van der Waals surface area contributed by atoms with Gasteiger partial charge in [-0.25, -0.2) is 9.78 Å². The molecule has 3 atom stereocenters. The Morgan fingerprint density at radius 2 is 1.94 bits per heavy atom. The first-order valence-electron chi connectivity index (χ1n) is 11.4. The predicted molar refractivity (Wildman–Crippen MR) is 119 cm³/mol. The second-order valence-corrected chi connectivity index (χ2v) is 9.03. The van der Waals surface area contributed by atoms with E-state index in [4.69, 9.17) is 9.90 Å². The number of benzene rings is 1. The van der Waals surface area contributed by atoms with Crippen LogP contribution in [0.2, 0.25) is 0 Å². The zero-order valence-electron chi connectivity index (χ0n) is 18.9. The second-order valence-electron chi connectivity index (χ2n) is 9.03. The zero-order chi connectivity index (χ0) is 25.0. The number of rotatable bonds is 5. The Labute approximate surface area is 194 Å². The van der Waals surface area contributed by atoms with Gasteiger partial charge in [0.25, 0.3) is 5.56 Å². The topological polar surface area (TPSA) is 125 Å². The highest BCUT2D eigenvalue weighted by Gasteiger charge is 2.38. The fourth-order valence-corrected chi connectivity index (χ4v) is 4.35. The van der Waals surface area contributed by atoms with Crippen LogP contribution in [0.1, 0.15) is 55.6 Å². The van der Waals surface area contributed by atoms with Crippen LogP contribution in [-0.4, -0.2) is 61.8 Å². The average molecular weight is 486 g/mol. The quantitative estimate of drug-likeness (QED) is 0.513. The maximum atomic E-state index is 13.0. The number of aliphatic hydroxyl groups excluding tert-OH is 2. The molecule has 2 aliphatic rings. The SMILES string of the molecule is Cc1cc(C2CCC2)cc2c(=O)n(C[C@@H](O)C[C@H]3NCCC[C@@H]3O)cnc12.O=C(O)C(F)(F)F. The molecule has 0 radical (unpaired) electrons. The lowest BCUT2D eigenvalue weighted by molar-refractivity contribution is -0.192. The van der Waals surface area contributed by atoms with Crippen molar-refractivity contribution in [2.45, 2.75) is 82.3 Å². The van der Waals surface area contributed by atoms with E-state index >= 15 is 0 Å². The van der Waals surface area contributed by atoms with Crippen LogP contribution in [0, 0.1) is 6.92 Å². The molecule has 1 aromatic carbocycles. The van der Waals surface area contributed by atoms with Gasteiger partial charge in [0.15, 0.2) is 0 Å². The Hall–Kier alpha value is -2.50. The van der Waals surface area contributed by atoms with Gasteiger partial charge in [-0.05, 0) is 68.7 Å². The van der Waals surface area contributed by atoms with Crippen molar-refractivity contribution in [1.29, 1.82) is 0 Å². The van der Waals surface area contributed by atoms with Crippen LogP contribution in [0.25, 0.3) is 10.9 Å². The van der Waals surface area contributed by atoms with E-state index < -0.39 is 24.4 Å². The van der Waals surface area contributed by atoms with E-state index in [-0.39, 0.29) is 18.1 Å². The molecule has 2 fully saturated rings. The Morgan fingerprint density at radius 3 is 2.50 bits per heavy atom. The van der Waals surface area contributed by atoms with Gasteiger partial charge in [0.1, 0.15) is 0 Å². The summed E-state index contributed by atoms with van der Waals surface area (Å²) >= 11 is 0. The summed E-state index contributed by atoms with van der Waals surface area (Å²) < 4.78 is 33.2. The monoisotopic (exact) mass is 485 g/mol. The molecule has 0 amide bonds. The maximum Gasteiger partial charge on any atom is 0.490 e. The van der Waals surface area contributed by atoms with Gasteiger partial charge < -0.3 is 20.6 Å². The van der Waals surface area contributed by atoms with Crippen LogP contribution in [0.4, 0.5) is 13.2 Å². The minimum atomic E-state index is -5.08. The third kappa shape index (κ3) is 6.34. The van der Waals surface area contributed by atoms with Crippen molar-refractivity contribution in [3.05, 3.63) is 39.9 Å². The lowest BCUT2D eigenvalue weighted by atomic mass is 9.79. The van der Waals surface area contributed by atoms with E-state index in [1.165, 1.54) is 35.7 Å². The molecular formula is C23H30F3N3O5. The third-order valence-corrected chi connectivity index (χ3v) is 6.44. The number of piperidine rings is 1. The third-order valence-electron chi connectivity index (χ3n) is 6.44. The summed E-state index contributed by atoms with van der Waals surface area (Å²) in [4.78, 5) is 26.4. The number of hydrogen-bond acceptors (Lipinski definition) is 6. The normalized spacial score (nSPS) is 21.9. The molecule has 34 heavy (non-hydrogen) atoms. The number of carboxylic acid groups (broad SMARTS) is 1. The van der Waals surface area contributed by atoms with Crippen LogP contribution in [0.15, 0.2) is 23.3 Å². The molecule has 1 aliphatic heterocycles. The van der Waals surface area contributed by atoms with E-state index in [1.54, 1.807) is 0 Å². The van der Waals surface area contributed by atoms with Crippen LogP contribution >= 0.6 is 0 Å². The maximum absolute atomic E-state index is 13.0. The summed E-state index contributed by atoms with van der Waals surface area (Å²) in [5, 5.41) is 31.6. The Kier molecular flexibility index (Phi) is 8.32.